The van der Waals surface area contributed by atoms with Crippen LogP contribution in [0.4, 0.5) is 5.82 Å². The van der Waals surface area contributed by atoms with E-state index < -0.39 is 0 Å². The third-order valence-corrected chi connectivity index (χ3v) is 2.96. The van der Waals surface area contributed by atoms with E-state index >= 15 is 0 Å². The van der Waals surface area contributed by atoms with Crippen LogP contribution in [-0.4, -0.2) is 16.3 Å². The highest BCUT2D eigenvalue weighted by molar-refractivity contribution is 5.36. The van der Waals surface area contributed by atoms with Crippen molar-refractivity contribution >= 4 is 5.82 Å². The van der Waals surface area contributed by atoms with Gasteiger partial charge in [0, 0.05) is 25.4 Å². The zero-order valence-electron chi connectivity index (χ0n) is 10.8. The van der Waals surface area contributed by atoms with Gasteiger partial charge < -0.3 is 11.1 Å². The molecule has 0 unspecified atom stereocenters. The van der Waals surface area contributed by atoms with Crippen molar-refractivity contribution in [1.82, 2.24) is 9.78 Å². The minimum absolute atomic E-state index is 0.682. The minimum atomic E-state index is 0.682. The molecule has 0 amide bonds. The Bertz CT molecular complexity index is 490. The van der Waals surface area contributed by atoms with Gasteiger partial charge in [0.15, 0.2) is 0 Å². The lowest BCUT2D eigenvalue weighted by Gasteiger charge is -2.09. The molecule has 1 aromatic heterocycles. The number of nitrogens with zero attached hydrogens (tertiary/aromatic N) is 2. The van der Waals surface area contributed by atoms with E-state index in [1.165, 1.54) is 11.1 Å². The van der Waals surface area contributed by atoms with E-state index in [0.29, 0.717) is 6.54 Å². The first kappa shape index (κ1) is 12.6. The summed E-state index contributed by atoms with van der Waals surface area (Å²) in [5, 5.41) is 7.74. The van der Waals surface area contributed by atoms with Crippen LogP contribution in [0.1, 0.15) is 18.1 Å². The highest BCUT2D eigenvalue weighted by Crippen LogP contribution is 2.11. The normalized spacial score (nSPS) is 10.6. The van der Waals surface area contributed by atoms with Gasteiger partial charge in [-0.25, -0.2) is 0 Å². The second kappa shape index (κ2) is 6.21. The molecule has 4 nitrogen and oxygen atoms in total. The molecule has 18 heavy (non-hydrogen) atoms. The van der Waals surface area contributed by atoms with E-state index in [9.17, 15) is 0 Å². The van der Waals surface area contributed by atoms with Gasteiger partial charge in [-0.2, -0.15) is 5.10 Å². The van der Waals surface area contributed by atoms with Crippen LogP contribution in [0.3, 0.4) is 0 Å². The van der Waals surface area contributed by atoms with Gasteiger partial charge in [0.25, 0.3) is 0 Å². The van der Waals surface area contributed by atoms with Gasteiger partial charge >= 0.3 is 0 Å². The monoisotopic (exact) mass is 244 g/mol. The summed E-state index contributed by atoms with van der Waals surface area (Å²) in [7, 11) is 0. The van der Waals surface area contributed by atoms with Crippen molar-refractivity contribution in [3.63, 3.8) is 0 Å². The molecule has 2 rings (SSSR count). The van der Waals surface area contributed by atoms with Crippen LogP contribution in [0.15, 0.2) is 36.5 Å². The summed E-state index contributed by atoms with van der Waals surface area (Å²) < 4.78 is 1.91. The molecule has 0 aliphatic carbocycles. The van der Waals surface area contributed by atoms with Crippen molar-refractivity contribution in [3.05, 3.63) is 47.7 Å². The first-order valence-corrected chi connectivity index (χ1v) is 6.37. The third kappa shape index (κ3) is 3.11. The predicted octanol–water partition coefficient (Wildman–Crippen LogP) is 2.02. The number of nitrogens with two attached hydrogens (primary N) is 1. The maximum atomic E-state index is 5.62. The fraction of sp³-hybridized carbons (Fsp3) is 0.357. The Morgan fingerprint density at radius 2 is 2.00 bits per heavy atom. The predicted molar refractivity (Wildman–Crippen MR) is 74.4 cm³/mol. The number of aromatic nitrogens is 2. The number of benzene rings is 1. The largest absolute Gasteiger partial charge is 0.365 e. The molecule has 0 spiro atoms. The zero-order chi connectivity index (χ0) is 12.8. The van der Waals surface area contributed by atoms with E-state index in [2.05, 4.69) is 41.6 Å². The molecular formula is C14H20N4. The zero-order valence-corrected chi connectivity index (χ0v) is 10.8. The summed E-state index contributed by atoms with van der Waals surface area (Å²) >= 11 is 0. The Balaban J connectivity index is 2.01. The lowest BCUT2D eigenvalue weighted by atomic mass is 10.0. The summed E-state index contributed by atoms with van der Waals surface area (Å²) in [6.07, 6.45) is 2.90. The van der Waals surface area contributed by atoms with Gasteiger partial charge in [-0.3, -0.25) is 4.68 Å². The quantitative estimate of drug-likeness (QED) is 0.817. The van der Waals surface area contributed by atoms with E-state index in [-0.39, 0.29) is 0 Å². The Labute approximate surface area is 108 Å². The maximum absolute atomic E-state index is 5.62. The molecule has 4 heteroatoms. The Hall–Kier alpha value is -1.81. The smallest absolute Gasteiger partial charge is 0.148 e. The van der Waals surface area contributed by atoms with Gasteiger partial charge in [-0.05, 0) is 31.0 Å². The molecule has 2 aromatic rings. The van der Waals surface area contributed by atoms with Crippen LogP contribution >= 0.6 is 0 Å². The van der Waals surface area contributed by atoms with Crippen molar-refractivity contribution in [2.24, 2.45) is 5.73 Å². The molecule has 0 saturated heterocycles. The number of aryl methyl sites for hydroxylation is 1. The second-order valence-electron chi connectivity index (χ2n) is 4.22. The van der Waals surface area contributed by atoms with Crippen LogP contribution in [0, 0.1) is 0 Å². The topological polar surface area (TPSA) is 55.9 Å². The molecule has 0 radical (unpaired) electrons. The molecule has 0 saturated carbocycles. The van der Waals surface area contributed by atoms with Crippen LogP contribution in [-0.2, 0) is 19.5 Å². The third-order valence-electron chi connectivity index (χ3n) is 2.96. The molecule has 3 N–H and O–H groups in total. The molecule has 0 fully saturated rings. The Morgan fingerprint density at radius 1 is 1.22 bits per heavy atom. The highest BCUT2D eigenvalue weighted by atomic mass is 15.3. The van der Waals surface area contributed by atoms with Crippen LogP contribution in [0.2, 0.25) is 0 Å². The fourth-order valence-corrected chi connectivity index (χ4v) is 1.95. The summed E-state index contributed by atoms with van der Waals surface area (Å²) in [6, 6.07) is 10.4. The lowest BCUT2D eigenvalue weighted by Crippen LogP contribution is -2.08. The van der Waals surface area contributed by atoms with Gasteiger partial charge in [0.2, 0.25) is 0 Å². The summed E-state index contributed by atoms with van der Waals surface area (Å²) in [6.45, 7) is 4.44. The van der Waals surface area contributed by atoms with Crippen molar-refractivity contribution in [2.75, 3.05) is 11.9 Å². The van der Waals surface area contributed by atoms with Gasteiger partial charge in [0.05, 0.1) is 0 Å². The Kier molecular flexibility index (Phi) is 4.36. The van der Waals surface area contributed by atoms with E-state index in [1.807, 2.05) is 16.9 Å². The lowest BCUT2D eigenvalue weighted by molar-refractivity contribution is 0.661. The van der Waals surface area contributed by atoms with Crippen molar-refractivity contribution in [1.29, 1.82) is 0 Å². The van der Waals surface area contributed by atoms with Gasteiger partial charge in [-0.1, -0.05) is 24.3 Å². The molecule has 0 atom stereocenters. The number of anilines is 1. The van der Waals surface area contributed by atoms with Gasteiger partial charge in [0.1, 0.15) is 5.82 Å². The average Bonchev–Trinajstić information content (AvgIpc) is 2.86. The van der Waals surface area contributed by atoms with E-state index in [0.717, 1.165) is 25.3 Å². The van der Waals surface area contributed by atoms with Crippen molar-refractivity contribution < 1.29 is 0 Å². The highest BCUT2D eigenvalue weighted by Gasteiger charge is 2.02. The minimum Gasteiger partial charge on any atom is -0.365 e. The molecule has 0 aliphatic heterocycles. The SMILES string of the molecule is CCn1ccc(NCc2ccccc2CCN)n1. The number of rotatable bonds is 6. The van der Waals surface area contributed by atoms with E-state index in [1.54, 1.807) is 0 Å². The first-order chi connectivity index (χ1) is 8.83. The van der Waals surface area contributed by atoms with Crippen LogP contribution in [0.25, 0.3) is 0 Å². The number of hydrogen-bond acceptors (Lipinski definition) is 3. The fourth-order valence-electron chi connectivity index (χ4n) is 1.95. The summed E-state index contributed by atoms with van der Waals surface area (Å²) in [5.41, 5.74) is 8.22. The van der Waals surface area contributed by atoms with Crippen molar-refractivity contribution in [2.45, 2.75) is 26.4 Å². The maximum Gasteiger partial charge on any atom is 0.148 e. The number of nitrogens with one attached hydrogen (secondary N) is 1. The Morgan fingerprint density at radius 3 is 2.67 bits per heavy atom. The second-order valence-corrected chi connectivity index (χ2v) is 4.22. The summed E-state index contributed by atoms with van der Waals surface area (Å²) in [5.74, 6) is 0.916. The van der Waals surface area contributed by atoms with Gasteiger partial charge in [-0.15, -0.1) is 0 Å². The van der Waals surface area contributed by atoms with E-state index in [4.69, 9.17) is 5.73 Å². The summed E-state index contributed by atoms with van der Waals surface area (Å²) in [4.78, 5) is 0. The van der Waals surface area contributed by atoms with Crippen LogP contribution in [0.5, 0.6) is 0 Å². The molecule has 1 heterocycles. The molecule has 96 valence electrons. The molecule has 0 bridgehead atoms. The average molecular weight is 244 g/mol. The first-order valence-electron chi connectivity index (χ1n) is 6.37. The molecular weight excluding hydrogens is 224 g/mol. The number of hydrogen-bond donors (Lipinski definition) is 2. The molecule has 0 aliphatic rings. The van der Waals surface area contributed by atoms with Crippen LogP contribution < -0.4 is 11.1 Å². The van der Waals surface area contributed by atoms with Crippen molar-refractivity contribution in [3.8, 4) is 0 Å². The standard InChI is InChI=1S/C14H20N4/c1-2-18-10-8-14(17-18)16-11-13-6-4-3-5-12(13)7-9-15/h3-6,8,10H,2,7,9,11,15H2,1H3,(H,16,17). The molecule has 1 aromatic carbocycles.